The van der Waals surface area contributed by atoms with Crippen LogP contribution in [-0.4, -0.2) is 11.7 Å². The van der Waals surface area contributed by atoms with Gasteiger partial charge in [-0.2, -0.15) is 0 Å². The molecule has 0 rings (SSSR count). The Morgan fingerprint density at radius 1 is 0.833 bits per heavy atom. The van der Waals surface area contributed by atoms with Crippen LogP contribution in [0.25, 0.3) is 0 Å². The Bertz CT molecular complexity index is 218. The Morgan fingerprint density at radius 2 is 0.944 bits per heavy atom. The second-order valence-corrected chi connectivity index (χ2v) is 4.47. The van der Waals surface area contributed by atoms with Crippen LogP contribution in [0.1, 0.15) is 6.92 Å². The fourth-order valence-corrected chi connectivity index (χ4v) is 0.980. The quantitative estimate of drug-likeness (QED) is 0.388. The molecule has 0 fully saturated rings. The normalized spacial score (nSPS) is 11.4. The number of aliphatic hydroxyl groups excluding tert-OH is 1. The molecule has 18 heavy (non-hydrogen) atoms. The standard InChI is InChI=1S/C2H6O.Mo.2O5P2/c1-2-3;;2*1-6(2)5-7(3)4/h3H,2H2,1H3;;;/q;+4;;. The van der Waals surface area contributed by atoms with Crippen LogP contribution in [0.15, 0.2) is 0 Å². The minimum absolute atomic E-state index is 0. The van der Waals surface area contributed by atoms with Crippen LogP contribution in [0.2, 0.25) is 0 Å². The van der Waals surface area contributed by atoms with E-state index >= 15 is 0 Å². The van der Waals surface area contributed by atoms with Gasteiger partial charge in [-0.25, -0.2) is 0 Å². The van der Waals surface area contributed by atoms with E-state index in [9.17, 15) is 37.8 Å². The van der Waals surface area contributed by atoms with Crippen molar-refractivity contribution in [3.05, 3.63) is 0 Å². The molecule has 0 spiro atoms. The molecular formula is C2H6MoO11P4+4. The van der Waals surface area contributed by atoms with E-state index in [0.29, 0.717) is 0 Å². The van der Waals surface area contributed by atoms with Crippen molar-refractivity contribution in [1.82, 2.24) is 0 Å². The molecule has 0 aliphatic heterocycles. The van der Waals surface area contributed by atoms with Crippen LogP contribution in [0.5, 0.6) is 0 Å². The van der Waals surface area contributed by atoms with Crippen LogP contribution < -0.4 is 19.6 Å². The van der Waals surface area contributed by atoms with Gasteiger partial charge in [-0.1, -0.05) is 0 Å². The first-order valence-electron chi connectivity index (χ1n) is 3.21. The topological polar surface area (TPSA) is 199 Å². The van der Waals surface area contributed by atoms with Gasteiger partial charge in [0.25, 0.3) is 0 Å². The molecule has 0 aliphatic rings. The van der Waals surface area contributed by atoms with Gasteiger partial charge < -0.3 is 24.7 Å². The van der Waals surface area contributed by atoms with E-state index in [-0.39, 0.29) is 27.7 Å². The van der Waals surface area contributed by atoms with E-state index in [2.05, 4.69) is 8.62 Å². The third kappa shape index (κ3) is 54.1. The van der Waals surface area contributed by atoms with E-state index in [0.717, 1.165) is 0 Å². The van der Waals surface area contributed by atoms with Crippen LogP contribution >= 0.6 is 33.0 Å². The largest absolute Gasteiger partial charge is 4.00 e. The summed E-state index contributed by atoms with van der Waals surface area (Å²) in [5.41, 5.74) is 0. The zero-order valence-corrected chi connectivity index (χ0v) is 14.0. The van der Waals surface area contributed by atoms with Gasteiger partial charge in [0.1, 0.15) is 8.62 Å². The van der Waals surface area contributed by atoms with E-state index in [1.165, 1.54) is 0 Å². The smallest absolute Gasteiger partial charge is 0.563 e. The van der Waals surface area contributed by atoms with Gasteiger partial charge in [-0.3, -0.25) is 0 Å². The monoisotopic (exact) mass is 428 g/mol. The van der Waals surface area contributed by atoms with Crippen molar-refractivity contribution in [1.29, 1.82) is 0 Å². The van der Waals surface area contributed by atoms with Crippen LogP contribution in [0.3, 0.4) is 0 Å². The Morgan fingerprint density at radius 3 is 0.944 bits per heavy atom. The number of hydrogen-bond acceptors (Lipinski definition) is 11. The van der Waals surface area contributed by atoms with Crippen molar-refractivity contribution in [3.63, 3.8) is 0 Å². The molecule has 0 aromatic heterocycles. The van der Waals surface area contributed by atoms with Crippen LogP contribution in [-0.2, 0) is 47.9 Å². The van der Waals surface area contributed by atoms with Crippen LogP contribution in [0.4, 0.5) is 0 Å². The van der Waals surface area contributed by atoms with Crippen molar-refractivity contribution >= 4 is 33.0 Å². The van der Waals surface area contributed by atoms with E-state index in [4.69, 9.17) is 5.11 Å². The van der Waals surface area contributed by atoms with Gasteiger partial charge in [0.15, 0.2) is 0 Å². The van der Waals surface area contributed by atoms with Crippen molar-refractivity contribution in [2.45, 2.75) is 6.92 Å². The number of hydrogen-bond donors (Lipinski definition) is 1. The summed E-state index contributed by atoms with van der Waals surface area (Å²) in [6.45, 7) is 1.93. The predicted octanol–water partition coefficient (Wildman–Crippen LogP) is -1.93. The second-order valence-electron chi connectivity index (χ2n) is 1.37. The fourth-order valence-electron chi connectivity index (χ4n) is 0.109. The first-order valence-corrected chi connectivity index (χ1v) is 7.60. The Kier molecular flexibility index (Phi) is 30.4. The molecule has 0 aliphatic carbocycles. The van der Waals surface area contributed by atoms with E-state index in [1.807, 2.05) is 0 Å². The molecule has 4 unspecified atom stereocenters. The first kappa shape index (κ1) is 27.2. The Balaban J connectivity index is -0.0000000857. The van der Waals surface area contributed by atoms with Gasteiger partial charge in [-0.15, -0.1) is 0 Å². The summed E-state index contributed by atoms with van der Waals surface area (Å²) in [6, 6.07) is 0. The zero-order chi connectivity index (χ0) is 14.4. The third-order valence-electron chi connectivity index (χ3n) is 0.267. The first-order chi connectivity index (χ1) is 7.67. The number of aliphatic hydroxyl groups is 1. The molecule has 0 aromatic carbocycles. The average molecular weight is 426 g/mol. The molecule has 0 amide bonds. The summed E-state index contributed by atoms with van der Waals surface area (Å²) in [7, 11) is -12.9. The minimum atomic E-state index is -3.24. The Labute approximate surface area is 119 Å². The second kappa shape index (κ2) is 20.1. The van der Waals surface area contributed by atoms with Crippen LogP contribution in [0, 0.1) is 0 Å². The molecule has 4 atom stereocenters. The predicted molar refractivity (Wildman–Crippen MR) is 45.4 cm³/mol. The molecule has 0 aromatic rings. The summed E-state index contributed by atoms with van der Waals surface area (Å²) >= 11 is 0. The van der Waals surface area contributed by atoms with Gasteiger partial charge in [0.05, 0.1) is 0 Å². The molecule has 0 saturated carbocycles. The molecule has 0 radical (unpaired) electrons. The molecule has 16 heteroatoms. The fraction of sp³-hybridized carbons (Fsp3) is 1.00. The third-order valence-corrected chi connectivity index (χ3v) is 2.40. The van der Waals surface area contributed by atoms with Gasteiger partial charge >= 0.3 is 54.1 Å². The SMILES string of the molecule is CCO.O=[P+]([O-])O[P+](=O)[O-].O=[P+]([O-])O[P+](=O)[O-].[Mo+4]. The molecular weight excluding hydrogens is 420 g/mol. The molecule has 0 saturated heterocycles. The summed E-state index contributed by atoms with van der Waals surface area (Å²) in [5.74, 6) is 0. The maximum atomic E-state index is 9.24. The average Bonchev–Trinajstić information content (AvgIpc) is 1.99. The van der Waals surface area contributed by atoms with Crippen molar-refractivity contribution < 1.29 is 72.6 Å². The minimum Gasteiger partial charge on any atom is -0.563 e. The summed E-state index contributed by atoms with van der Waals surface area (Å²) in [5, 5.41) is 7.57. The maximum Gasteiger partial charge on any atom is 4.00 e. The molecule has 11 nitrogen and oxygen atoms in total. The van der Waals surface area contributed by atoms with E-state index in [1.54, 1.807) is 6.92 Å². The van der Waals surface area contributed by atoms with Gasteiger partial charge in [0, 0.05) is 6.61 Å². The Hall–Kier alpha value is 0.808. The molecule has 102 valence electrons. The van der Waals surface area contributed by atoms with Gasteiger partial charge in [0.2, 0.25) is 0 Å². The van der Waals surface area contributed by atoms with E-state index < -0.39 is 33.0 Å². The number of rotatable bonds is 4. The van der Waals surface area contributed by atoms with Crippen molar-refractivity contribution in [2.75, 3.05) is 6.61 Å². The molecule has 0 heterocycles. The summed E-state index contributed by atoms with van der Waals surface area (Å²) in [6.07, 6.45) is 0. The summed E-state index contributed by atoms with van der Waals surface area (Å²) in [4.78, 5) is 37.0. The van der Waals surface area contributed by atoms with Gasteiger partial charge in [-0.05, 0) is 25.2 Å². The maximum absolute atomic E-state index is 9.24. The zero-order valence-electron chi connectivity index (χ0n) is 8.43. The summed E-state index contributed by atoms with van der Waals surface area (Å²) < 4.78 is 43.3. The molecule has 0 bridgehead atoms. The molecule has 1 N–H and O–H groups in total. The van der Waals surface area contributed by atoms with Crippen molar-refractivity contribution in [3.8, 4) is 0 Å². The van der Waals surface area contributed by atoms with Crippen molar-refractivity contribution in [2.24, 2.45) is 0 Å².